The van der Waals surface area contributed by atoms with Crippen molar-refractivity contribution in [1.82, 2.24) is 4.90 Å². The van der Waals surface area contributed by atoms with Crippen molar-refractivity contribution in [2.75, 3.05) is 19.0 Å². The molecule has 1 aliphatic heterocycles. The Bertz CT molecular complexity index is 317. The monoisotopic (exact) mass is 301 g/mol. The number of alkyl halides is 1. The van der Waals surface area contributed by atoms with E-state index in [1.807, 2.05) is 0 Å². The van der Waals surface area contributed by atoms with Gasteiger partial charge < -0.3 is 0 Å². The molecule has 1 nitrogen and oxygen atoms in total. The lowest BCUT2D eigenvalue weighted by atomic mass is 9.98. The largest absolute Gasteiger partial charge is 0.299 e. The van der Waals surface area contributed by atoms with Gasteiger partial charge in [-0.2, -0.15) is 0 Å². The molecule has 0 atom stereocenters. The van der Waals surface area contributed by atoms with Crippen molar-refractivity contribution in [1.29, 1.82) is 0 Å². The fraction of sp³-hybridized carbons (Fsp3) is 0.538. The summed E-state index contributed by atoms with van der Waals surface area (Å²) in [6.07, 6.45) is 2.50. The molecular formula is C13H17BrClN. The molecule has 0 bridgehead atoms. The van der Waals surface area contributed by atoms with E-state index in [-0.39, 0.29) is 0 Å². The molecule has 0 unspecified atom stereocenters. The summed E-state index contributed by atoms with van der Waals surface area (Å²) in [6, 6.07) is 8.61. The van der Waals surface area contributed by atoms with Crippen molar-refractivity contribution in [3.8, 4) is 0 Å². The Balaban J connectivity index is 1.84. The first-order chi connectivity index (χ1) is 7.78. The van der Waals surface area contributed by atoms with Gasteiger partial charge in [0, 0.05) is 16.9 Å². The van der Waals surface area contributed by atoms with E-state index >= 15 is 0 Å². The minimum Gasteiger partial charge on any atom is -0.299 e. The van der Waals surface area contributed by atoms with Gasteiger partial charge in [-0.25, -0.2) is 0 Å². The van der Waals surface area contributed by atoms with Crippen LogP contribution in [-0.4, -0.2) is 23.9 Å². The molecule has 0 aromatic heterocycles. The average Bonchev–Trinajstić information content (AvgIpc) is 2.33. The zero-order chi connectivity index (χ0) is 11.4. The van der Waals surface area contributed by atoms with Crippen LogP contribution in [0.1, 0.15) is 18.4 Å². The van der Waals surface area contributed by atoms with Gasteiger partial charge in [0.25, 0.3) is 0 Å². The van der Waals surface area contributed by atoms with E-state index in [1.54, 1.807) is 0 Å². The number of rotatable bonds is 3. The van der Waals surface area contributed by atoms with Crippen molar-refractivity contribution in [3.63, 3.8) is 0 Å². The summed E-state index contributed by atoms with van der Waals surface area (Å²) < 4.78 is 1.15. The number of halogens is 2. The van der Waals surface area contributed by atoms with Crippen LogP contribution in [0.25, 0.3) is 0 Å². The maximum atomic E-state index is 5.88. The molecule has 2 rings (SSSR count). The van der Waals surface area contributed by atoms with E-state index in [1.165, 1.54) is 31.5 Å². The van der Waals surface area contributed by atoms with E-state index in [0.29, 0.717) is 0 Å². The predicted molar refractivity (Wildman–Crippen MR) is 72.9 cm³/mol. The lowest BCUT2D eigenvalue weighted by Gasteiger charge is -2.31. The molecule has 1 aliphatic rings. The van der Waals surface area contributed by atoms with Crippen LogP contribution in [0.4, 0.5) is 0 Å². The summed E-state index contributed by atoms with van der Waals surface area (Å²) in [6.45, 7) is 3.45. The van der Waals surface area contributed by atoms with Gasteiger partial charge in [-0.05, 0) is 49.5 Å². The normalized spacial score (nSPS) is 18.9. The van der Waals surface area contributed by atoms with E-state index in [2.05, 4.69) is 45.1 Å². The van der Waals surface area contributed by atoms with Crippen LogP contribution in [0.3, 0.4) is 0 Å². The SMILES string of the molecule is ClCC1CCN(Cc2ccc(Br)cc2)CC1. The number of benzene rings is 1. The fourth-order valence-corrected chi connectivity index (χ4v) is 2.72. The lowest BCUT2D eigenvalue weighted by Crippen LogP contribution is -2.33. The van der Waals surface area contributed by atoms with Gasteiger partial charge in [0.1, 0.15) is 0 Å². The molecule has 0 amide bonds. The molecule has 16 heavy (non-hydrogen) atoms. The van der Waals surface area contributed by atoms with Gasteiger partial charge in [-0.1, -0.05) is 28.1 Å². The van der Waals surface area contributed by atoms with Gasteiger partial charge in [-0.3, -0.25) is 4.90 Å². The van der Waals surface area contributed by atoms with Crippen LogP contribution in [0.15, 0.2) is 28.7 Å². The Morgan fingerprint density at radius 1 is 1.19 bits per heavy atom. The molecule has 1 saturated heterocycles. The first-order valence-electron chi connectivity index (χ1n) is 5.80. The van der Waals surface area contributed by atoms with Crippen LogP contribution >= 0.6 is 27.5 Å². The number of nitrogens with zero attached hydrogens (tertiary/aromatic N) is 1. The van der Waals surface area contributed by atoms with Crippen LogP contribution in [0.5, 0.6) is 0 Å². The van der Waals surface area contributed by atoms with Crippen molar-refractivity contribution in [2.24, 2.45) is 5.92 Å². The molecule has 0 N–H and O–H groups in total. The molecule has 1 heterocycles. The second kappa shape index (κ2) is 6.04. The Hall–Kier alpha value is -0.0500. The Morgan fingerprint density at radius 3 is 2.38 bits per heavy atom. The highest BCUT2D eigenvalue weighted by molar-refractivity contribution is 9.10. The van der Waals surface area contributed by atoms with Gasteiger partial charge >= 0.3 is 0 Å². The highest BCUT2D eigenvalue weighted by Crippen LogP contribution is 2.20. The van der Waals surface area contributed by atoms with Gasteiger partial charge in [0.2, 0.25) is 0 Å². The maximum Gasteiger partial charge on any atom is 0.0252 e. The van der Waals surface area contributed by atoms with Gasteiger partial charge in [-0.15, -0.1) is 11.6 Å². The van der Waals surface area contributed by atoms with Crippen molar-refractivity contribution in [3.05, 3.63) is 34.3 Å². The van der Waals surface area contributed by atoms with Gasteiger partial charge in [0.15, 0.2) is 0 Å². The molecule has 0 aliphatic carbocycles. The quantitative estimate of drug-likeness (QED) is 0.766. The van der Waals surface area contributed by atoms with Crippen LogP contribution in [0.2, 0.25) is 0 Å². The van der Waals surface area contributed by atoms with Crippen molar-refractivity contribution in [2.45, 2.75) is 19.4 Å². The molecule has 3 heteroatoms. The number of likely N-dealkylation sites (tertiary alicyclic amines) is 1. The molecule has 1 aromatic carbocycles. The first-order valence-corrected chi connectivity index (χ1v) is 7.13. The number of hydrogen-bond donors (Lipinski definition) is 0. The summed E-state index contributed by atoms with van der Waals surface area (Å²) in [5, 5.41) is 0. The predicted octanol–water partition coefficient (Wildman–Crippen LogP) is 3.90. The third kappa shape index (κ3) is 3.47. The Kier molecular flexibility index (Phi) is 4.68. The molecule has 0 radical (unpaired) electrons. The minimum atomic E-state index is 0.739. The molecular weight excluding hydrogens is 286 g/mol. The summed E-state index contributed by atoms with van der Waals surface area (Å²) in [5.74, 6) is 1.56. The standard InChI is InChI=1S/C13H17BrClN/c14-13-3-1-12(2-4-13)10-16-7-5-11(9-15)6-8-16/h1-4,11H,5-10H2. The summed E-state index contributed by atoms with van der Waals surface area (Å²) in [5.41, 5.74) is 1.40. The highest BCUT2D eigenvalue weighted by Gasteiger charge is 2.18. The van der Waals surface area contributed by atoms with Gasteiger partial charge in [0.05, 0.1) is 0 Å². The zero-order valence-corrected chi connectivity index (χ0v) is 11.7. The number of hydrogen-bond acceptors (Lipinski definition) is 1. The van der Waals surface area contributed by atoms with Crippen molar-refractivity contribution >= 4 is 27.5 Å². The van der Waals surface area contributed by atoms with Crippen LogP contribution in [-0.2, 0) is 6.54 Å². The molecule has 88 valence electrons. The van der Waals surface area contributed by atoms with Crippen LogP contribution < -0.4 is 0 Å². The zero-order valence-electron chi connectivity index (χ0n) is 9.33. The van der Waals surface area contributed by atoms with Crippen LogP contribution in [0, 0.1) is 5.92 Å². The van der Waals surface area contributed by atoms with E-state index < -0.39 is 0 Å². The smallest absolute Gasteiger partial charge is 0.0252 e. The lowest BCUT2D eigenvalue weighted by molar-refractivity contribution is 0.186. The second-order valence-corrected chi connectivity index (χ2v) is 5.72. The minimum absolute atomic E-state index is 0.739. The summed E-state index contributed by atoms with van der Waals surface area (Å²) >= 11 is 9.34. The second-order valence-electron chi connectivity index (χ2n) is 4.50. The molecule has 0 spiro atoms. The highest BCUT2D eigenvalue weighted by atomic mass is 79.9. The average molecular weight is 303 g/mol. The Labute approximate surface area is 111 Å². The fourth-order valence-electron chi connectivity index (χ4n) is 2.15. The van der Waals surface area contributed by atoms with E-state index in [9.17, 15) is 0 Å². The van der Waals surface area contributed by atoms with E-state index in [0.717, 1.165) is 22.8 Å². The van der Waals surface area contributed by atoms with E-state index in [4.69, 9.17) is 11.6 Å². The third-order valence-electron chi connectivity index (χ3n) is 3.24. The Morgan fingerprint density at radius 2 is 1.81 bits per heavy atom. The first kappa shape index (κ1) is 12.4. The molecule has 1 aromatic rings. The number of piperidine rings is 1. The molecule has 1 fully saturated rings. The van der Waals surface area contributed by atoms with Crippen molar-refractivity contribution < 1.29 is 0 Å². The topological polar surface area (TPSA) is 3.24 Å². The molecule has 0 saturated carbocycles. The summed E-state index contributed by atoms with van der Waals surface area (Å²) in [4.78, 5) is 2.52. The third-order valence-corrected chi connectivity index (χ3v) is 4.21. The summed E-state index contributed by atoms with van der Waals surface area (Å²) in [7, 11) is 0. The maximum absolute atomic E-state index is 5.88.